The summed E-state index contributed by atoms with van der Waals surface area (Å²) in [6.45, 7) is 5.18. The Morgan fingerprint density at radius 2 is 2.13 bits per heavy atom. The van der Waals surface area contributed by atoms with Crippen LogP contribution in [0.1, 0.15) is 39.2 Å². The summed E-state index contributed by atoms with van der Waals surface area (Å²) < 4.78 is 33.2. The molecule has 6 nitrogen and oxygen atoms in total. The Balaban J connectivity index is 2.25. The van der Waals surface area contributed by atoms with Crippen LogP contribution in [-0.2, 0) is 21.2 Å². The second-order valence-electron chi connectivity index (χ2n) is 6.41. The van der Waals surface area contributed by atoms with Gasteiger partial charge in [-0.2, -0.15) is 0 Å². The van der Waals surface area contributed by atoms with Gasteiger partial charge in [0.15, 0.2) is 0 Å². The fraction of sp³-hybridized carbons (Fsp3) is 0.533. The Kier molecular flexibility index (Phi) is 4.94. The molecule has 0 spiro atoms. The number of hydrogen-bond donors (Lipinski definition) is 2. The Hall–Kier alpha value is -1.31. The summed E-state index contributed by atoms with van der Waals surface area (Å²) in [6, 6.07) is 2.91. The lowest BCUT2D eigenvalue weighted by molar-refractivity contribution is -0.137. The molecule has 0 bridgehead atoms. The molecule has 0 aliphatic carbocycles. The van der Waals surface area contributed by atoms with Gasteiger partial charge in [-0.15, -0.1) is 0 Å². The topological polar surface area (TPSA) is 92.7 Å². The highest BCUT2D eigenvalue weighted by Gasteiger charge is 2.30. The maximum absolute atomic E-state index is 12.6. The van der Waals surface area contributed by atoms with E-state index < -0.39 is 21.5 Å². The van der Waals surface area contributed by atoms with Gasteiger partial charge in [-0.05, 0) is 39.3 Å². The molecule has 0 radical (unpaired) electrons. The molecule has 1 atom stereocenters. The lowest BCUT2D eigenvalue weighted by atomic mass is 10.0. The van der Waals surface area contributed by atoms with Gasteiger partial charge in [0.05, 0.1) is 9.92 Å². The monoisotopic (exact) mass is 361 g/mol. The van der Waals surface area contributed by atoms with Crippen LogP contribution in [0.2, 0.25) is 5.02 Å². The van der Waals surface area contributed by atoms with Crippen LogP contribution in [0.25, 0.3) is 0 Å². The van der Waals surface area contributed by atoms with Crippen molar-refractivity contribution in [2.75, 3.05) is 0 Å². The van der Waals surface area contributed by atoms with Gasteiger partial charge in [0.2, 0.25) is 10.0 Å². The molecule has 1 aliphatic rings. The third kappa shape index (κ3) is 4.37. The molecular weight excluding hydrogens is 342 g/mol. The fourth-order valence-corrected chi connectivity index (χ4v) is 4.37. The zero-order valence-corrected chi connectivity index (χ0v) is 14.8. The molecular formula is C15H20ClNO5S. The molecule has 128 valence electrons. The number of rotatable bonds is 6. The minimum absolute atomic E-state index is 0.0413. The van der Waals surface area contributed by atoms with Crippen molar-refractivity contribution in [2.45, 2.75) is 56.6 Å². The average Bonchev–Trinajstić information content (AvgIpc) is 2.76. The van der Waals surface area contributed by atoms with Crippen molar-refractivity contribution < 1.29 is 23.1 Å². The van der Waals surface area contributed by atoms with E-state index in [1.165, 1.54) is 6.07 Å². The van der Waals surface area contributed by atoms with E-state index in [1.54, 1.807) is 19.9 Å². The molecule has 1 aliphatic heterocycles. The van der Waals surface area contributed by atoms with Crippen LogP contribution >= 0.6 is 11.6 Å². The number of carboxylic acid groups (broad SMARTS) is 1. The van der Waals surface area contributed by atoms with Gasteiger partial charge >= 0.3 is 5.97 Å². The highest BCUT2D eigenvalue weighted by Crippen LogP contribution is 2.38. The van der Waals surface area contributed by atoms with Crippen LogP contribution in [0, 0.1) is 0 Å². The first-order valence-corrected chi connectivity index (χ1v) is 9.11. The number of hydrogen-bond acceptors (Lipinski definition) is 4. The molecule has 0 saturated carbocycles. The quantitative estimate of drug-likeness (QED) is 0.812. The number of aliphatic carboxylic acids is 1. The van der Waals surface area contributed by atoms with Crippen LogP contribution < -0.4 is 9.46 Å². The summed E-state index contributed by atoms with van der Waals surface area (Å²) in [7, 11) is -3.81. The largest absolute Gasteiger partial charge is 0.489 e. The SMILES string of the molecule is CC1Cc2cc(S(=O)(=O)NC(C)(C)CCC(=O)O)cc(Cl)c2O1. The van der Waals surface area contributed by atoms with E-state index in [0.29, 0.717) is 12.2 Å². The number of nitrogens with one attached hydrogen (secondary N) is 1. The first-order chi connectivity index (χ1) is 10.5. The maximum Gasteiger partial charge on any atom is 0.303 e. The van der Waals surface area contributed by atoms with E-state index in [4.69, 9.17) is 21.4 Å². The van der Waals surface area contributed by atoms with E-state index in [1.807, 2.05) is 6.92 Å². The van der Waals surface area contributed by atoms with Gasteiger partial charge in [0.1, 0.15) is 11.9 Å². The summed E-state index contributed by atoms with van der Waals surface area (Å²) in [5.74, 6) is -0.438. The molecule has 1 aromatic carbocycles. The van der Waals surface area contributed by atoms with E-state index >= 15 is 0 Å². The molecule has 23 heavy (non-hydrogen) atoms. The zero-order chi connectivity index (χ0) is 17.4. The second kappa shape index (κ2) is 6.30. The number of halogens is 1. The molecule has 0 amide bonds. The summed E-state index contributed by atoms with van der Waals surface area (Å²) in [6.07, 6.45) is 0.618. The van der Waals surface area contributed by atoms with Crippen LogP contribution in [-0.4, -0.2) is 31.1 Å². The van der Waals surface area contributed by atoms with Crippen LogP contribution in [0.4, 0.5) is 0 Å². The van der Waals surface area contributed by atoms with Gasteiger partial charge in [0.25, 0.3) is 0 Å². The first kappa shape index (κ1) is 18.0. The normalized spacial score (nSPS) is 17.7. The summed E-state index contributed by atoms with van der Waals surface area (Å²) >= 11 is 6.13. The molecule has 2 N–H and O–H groups in total. The van der Waals surface area contributed by atoms with Crippen LogP contribution in [0.5, 0.6) is 5.75 Å². The minimum atomic E-state index is -3.81. The number of carbonyl (C=O) groups is 1. The Morgan fingerprint density at radius 3 is 2.74 bits per heavy atom. The lowest BCUT2D eigenvalue weighted by Crippen LogP contribution is -2.43. The molecule has 1 heterocycles. The van der Waals surface area contributed by atoms with Gasteiger partial charge < -0.3 is 9.84 Å². The molecule has 1 unspecified atom stereocenters. The van der Waals surface area contributed by atoms with Gasteiger partial charge in [-0.1, -0.05) is 11.6 Å². The van der Waals surface area contributed by atoms with Crippen molar-refractivity contribution in [3.63, 3.8) is 0 Å². The molecule has 0 fully saturated rings. The highest BCUT2D eigenvalue weighted by molar-refractivity contribution is 7.89. The molecule has 2 rings (SSSR count). The summed E-state index contributed by atoms with van der Waals surface area (Å²) in [5.41, 5.74) is -0.124. The minimum Gasteiger partial charge on any atom is -0.489 e. The van der Waals surface area contributed by atoms with E-state index in [-0.39, 0.29) is 28.9 Å². The number of ether oxygens (including phenoxy) is 1. The molecule has 8 heteroatoms. The second-order valence-corrected chi connectivity index (χ2v) is 8.50. The van der Waals surface area contributed by atoms with Crippen LogP contribution in [0.15, 0.2) is 17.0 Å². The molecule has 1 aromatic rings. The van der Waals surface area contributed by atoms with E-state index in [9.17, 15) is 13.2 Å². The lowest BCUT2D eigenvalue weighted by Gasteiger charge is -2.25. The first-order valence-electron chi connectivity index (χ1n) is 7.25. The average molecular weight is 362 g/mol. The van der Waals surface area contributed by atoms with Crippen molar-refractivity contribution in [1.29, 1.82) is 0 Å². The number of fused-ring (bicyclic) bond motifs is 1. The number of benzene rings is 1. The van der Waals surface area contributed by atoms with Gasteiger partial charge in [-0.25, -0.2) is 13.1 Å². The van der Waals surface area contributed by atoms with Crippen LogP contribution in [0.3, 0.4) is 0 Å². The maximum atomic E-state index is 12.6. The number of carboxylic acids is 1. The standard InChI is InChI=1S/C15H20ClNO5S/c1-9-6-10-7-11(8-12(16)14(10)22-9)23(20,21)17-15(2,3)5-4-13(18)19/h7-9,17H,4-6H2,1-3H3,(H,18,19). The predicted octanol–water partition coefficient (Wildman–Crippen LogP) is 2.59. The summed E-state index contributed by atoms with van der Waals surface area (Å²) in [5, 5.41) is 9.01. The Morgan fingerprint density at radius 1 is 1.48 bits per heavy atom. The van der Waals surface area contributed by atoms with Gasteiger partial charge in [0, 0.05) is 23.9 Å². The van der Waals surface area contributed by atoms with E-state index in [0.717, 1.165) is 5.56 Å². The highest BCUT2D eigenvalue weighted by atomic mass is 35.5. The third-order valence-electron chi connectivity index (χ3n) is 3.61. The Bertz CT molecular complexity index is 730. The third-order valence-corrected chi connectivity index (χ3v) is 5.56. The van der Waals surface area contributed by atoms with E-state index in [2.05, 4.69) is 4.72 Å². The smallest absolute Gasteiger partial charge is 0.303 e. The fourth-order valence-electron chi connectivity index (χ4n) is 2.51. The predicted molar refractivity (Wildman–Crippen MR) is 86.5 cm³/mol. The van der Waals surface area contributed by atoms with Crippen molar-refractivity contribution in [1.82, 2.24) is 4.72 Å². The van der Waals surface area contributed by atoms with Crippen molar-refractivity contribution in [3.05, 3.63) is 22.7 Å². The van der Waals surface area contributed by atoms with Crippen molar-refractivity contribution in [2.24, 2.45) is 0 Å². The number of sulfonamides is 1. The van der Waals surface area contributed by atoms with Gasteiger partial charge in [-0.3, -0.25) is 4.79 Å². The molecule has 0 aromatic heterocycles. The summed E-state index contributed by atoms with van der Waals surface area (Å²) in [4.78, 5) is 10.7. The zero-order valence-electron chi connectivity index (χ0n) is 13.2. The Labute approximate surface area is 140 Å². The van der Waals surface area contributed by atoms with Crippen molar-refractivity contribution >= 4 is 27.6 Å². The van der Waals surface area contributed by atoms with Crippen molar-refractivity contribution in [3.8, 4) is 5.75 Å². The molecule has 0 saturated heterocycles.